The van der Waals surface area contributed by atoms with E-state index in [1.54, 1.807) is 0 Å². The van der Waals surface area contributed by atoms with Crippen LogP contribution in [-0.4, -0.2) is 10.0 Å². The van der Waals surface area contributed by atoms with Crippen LogP contribution in [0.15, 0.2) is 16.6 Å². The van der Waals surface area contributed by atoms with Crippen molar-refractivity contribution in [3.63, 3.8) is 0 Å². The van der Waals surface area contributed by atoms with Crippen molar-refractivity contribution in [3.05, 3.63) is 32.3 Å². The number of hydrogen-bond acceptors (Lipinski definition) is 3. The number of aromatic hydroxyl groups is 1. The van der Waals surface area contributed by atoms with Gasteiger partial charge < -0.3 is 5.11 Å². The highest BCUT2D eigenvalue weighted by Crippen LogP contribution is 2.44. The standard InChI is InChI=1S/C7H3BrF3NO3/c8-3-1-2-4(12(14)15)5(6(3)13)7(9,10)11/h1-2,13H. The predicted molar refractivity (Wildman–Crippen MR) is 47.5 cm³/mol. The molecule has 0 aliphatic rings. The molecule has 0 atom stereocenters. The molecule has 1 rings (SSSR count). The zero-order valence-electron chi connectivity index (χ0n) is 6.88. The first-order valence-electron chi connectivity index (χ1n) is 3.48. The van der Waals surface area contributed by atoms with E-state index in [9.17, 15) is 23.3 Å². The highest BCUT2D eigenvalue weighted by molar-refractivity contribution is 9.10. The Morgan fingerprint density at radius 1 is 1.40 bits per heavy atom. The van der Waals surface area contributed by atoms with Gasteiger partial charge in [0.25, 0.3) is 5.69 Å². The van der Waals surface area contributed by atoms with Gasteiger partial charge in [-0.05, 0) is 22.0 Å². The highest BCUT2D eigenvalue weighted by atomic mass is 79.9. The molecule has 0 saturated carbocycles. The Hall–Kier alpha value is -1.31. The van der Waals surface area contributed by atoms with Crippen LogP contribution in [0.3, 0.4) is 0 Å². The van der Waals surface area contributed by atoms with Crippen molar-refractivity contribution in [3.8, 4) is 5.75 Å². The largest absolute Gasteiger partial charge is 0.506 e. The zero-order chi connectivity index (χ0) is 11.8. The van der Waals surface area contributed by atoms with Crippen LogP contribution in [0.25, 0.3) is 0 Å². The minimum absolute atomic E-state index is 0.250. The number of phenolic OH excluding ortho intramolecular Hbond substituents is 1. The maximum atomic E-state index is 12.4. The molecule has 0 aromatic heterocycles. The van der Waals surface area contributed by atoms with Gasteiger partial charge in [0.2, 0.25) is 0 Å². The summed E-state index contributed by atoms with van der Waals surface area (Å²) in [5.74, 6) is -1.18. The third-order valence-corrected chi connectivity index (χ3v) is 2.23. The summed E-state index contributed by atoms with van der Waals surface area (Å²) in [5.41, 5.74) is -2.83. The number of rotatable bonds is 1. The van der Waals surface area contributed by atoms with Gasteiger partial charge in [-0.25, -0.2) is 0 Å². The lowest BCUT2D eigenvalue weighted by Gasteiger charge is -2.09. The molecule has 0 aliphatic heterocycles. The molecule has 4 nitrogen and oxygen atoms in total. The van der Waals surface area contributed by atoms with Crippen LogP contribution in [0.1, 0.15) is 5.56 Å². The average molecular weight is 286 g/mol. The fourth-order valence-electron chi connectivity index (χ4n) is 0.987. The van der Waals surface area contributed by atoms with Crippen LogP contribution in [0.5, 0.6) is 5.75 Å². The Bertz CT molecular complexity index is 419. The molecule has 0 spiro atoms. The molecule has 8 heteroatoms. The molecular formula is C7H3BrF3NO3. The third kappa shape index (κ3) is 2.20. The summed E-state index contributed by atoms with van der Waals surface area (Å²) in [6, 6.07) is 1.65. The number of nitrogens with zero attached hydrogens (tertiary/aromatic N) is 1. The topological polar surface area (TPSA) is 63.4 Å². The van der Waals surface area contributed by atoms with Crippen molar-refractivity contribution >= 4 is 21.6 Å². The molecule has 0 aliphatic carbocycles. The summed E-state index contributed by atoms with van der Waals surface area (Å²) in [5, 5.41) is 19.4. The lowest BCUT2D eigenvalue weighted by atomic mass is 10.1. The van der Waals surface area contributed by atoms with Crippen LogP contribution >= 0.6 is 15.9 Å². The molecule has 0 unspecified atom stereocenters. The number of nitro groups is 1. The van der Waals surface area contributed by atoms with Crippen LogP contribution < -0.4 is 0 Å². The Kier molecular flexibility index (Phi) is 2.89. The number of nitro benzene ring substituents is 1. The van der Waals surface area contributed by atoms with Crippen LogP contribution in [0, 0.1) is 10.1 Å². The summed E-state index contributed by atoms with van der Waals surface area (Å²) < 4.78 is 36.8. The first-order valence-corrected chi connectivity index (χ1v) is 4.27. The van der Waals surface area contributed by atoms with E-state index in [0.717, 1.165) is 6.07 Å². The molecule has 1 aromatic rings. The minimum atomic E-state index is -4.98. The molecule has 0 saturated heterocycles. The first-order chi connectivity index (χ1) is 6.75. The maximum Gasteiger partial charge on any atom is 0.426 e. The fraction of sp³-hybridized carbons (Fsp3) is 0.143. The molecule has 0 heterocycles. The van der Waals surface area contributed by atoms with Gasteiger partial charge in [-0.2, -0.15) is 13.2 Å². The van der Waals surface area contributed by atoms with Gasteiger partial charge in [0.1, 0.15) is 5.75 Å². The summed E-state index contributed by atoms with van der Waals surface area (Å²) >= 11 is 2.65. The van der Waals surface area contributed by atoms with Crippen LogP contribution in [0.4, 0.5) is 18.9 Å². The Morgan fingerprint density at radius 2 is 1.93 bits per heavy atom. The fourth-order valence-corrected chi connectivity index (χ4v) is 1.32. The average Bonchev–Trinajstić information content (AvgIpc) is 2.06. The molecule has 0 radical (unpaired) electrons. The zero-order valence-corrected chi connectivity index (χ0v) is 8.46. The van der Waals surface area contributed by atoms with E-state index in [4.69, 9.17) is 5.11 Å². The maximum absolute atomic E-state index is 12.4. The van der Waals surface area contributed by atoms with Crippen molar-refractivity contribution in [2.75, 3.05) is 0 Å². The Balaban J connectivity index is 3.57. The number of benzene rings is 1. The van der Waals surface area contributed by atoms with Crippen molar-refractivity contribution in [2.45, 2.75) is 6.18 Å². The lowest BCUT2D eigenvalue weighted by molar-refractivity contribution is -0.388. The van der Waals surface area contributed by atoms with E-state index in [0.29, 0.717) is 6.07 Å². The second kappa shape index (κ2) is 3.69. The van der Waals surface area contributed by atoms with Crippen LogP contribution in [-0.2, 0) is 6.18 Å². The van der Waals surface area contributed by atoms with Gasteiger partial charge in [0.05, 0.1) is 9.40 Å². The van der Waals surface area contributed by atoms with Gasteiger partial charge in [0, 0.05) is 6.07 Å². The van der Waals surface area contributed by atoms with Crippen molar-refractivity contribution < 1.29 is 23.2 Å². The molecule has 1 aromatic carbocycles. The lowest BCUT2D eigenvalue weighted by Crippen LogP contribution is -2.09. The number of halogens is 4. The van der Waals surface area contributed by atoms with E-state index in [1.165, 1.54) is 0 Å². The number of hydrogen-bond donors (Lipinski definition) is 1. The third-order valence-electron chi connectivity index (χ3n) is 1.59. The first kappa shape index (κ1) is 11.8. The quantitative estimate of drug-likeness (QED) is 0.637. The number of alkyl halides is 3. The molecule has 1 N–H and O–H groups in total. The number of phenols is 1. The van der Waals surface area contributed by atoms with Crippen molar-refractivity contribution in [2.24, 2.45) is 0 Å². The van der Waals surface area contributed by atoms with E-state index in [2.05, 4.69) is 15.9 Å². The van der Waals surface area contributed by atoms with Gasteiger partial charge in [-0.3, -0.25) is 10.1 Å². The Morgan fingerprint density at radius 3 is 2.33 bits per heavy atom. The molecule has 82 valence electrons. The second-order valence-corrected chi connectivity index (χ2v) is 3.40. The summed E-state index contributed by atoms with van der Waals surface area (Å²) in [6.07, 6.45) is -4.98. The molecule has 0 bridgehead atoms. The summed E-state index contributed by atoms with van der Waals surface area (Å²) in [4.78, 5) is 9.11. The smallest absolute Gasteiger partial charge is 0.426 e. The van der Waals surface area contributed by atoms with Crippen molar-refractivity contribution in [1.29, 1.82) is 0 Å². The van der Waals surface area contributed by atoms with Gasteiger partial charge >= 0.3 is 6.18 Å². The van der Waals surface area contributed by atoms with E-state index >= 15 is 0 Å². The van der Waals surface area contributed by atoms with E-state index in [-0.39, 0.29) is 4.47 Å². The van der Waals surface area contributed by atoms with Gasteiger partial charge in [-0.15, -0.1) is 0 Å². The van der Waals surface area contributed by atoms with E-state index < -0.39 is 28.1 Å². The normalized spacial score (nSPS) is 11.5. The highest BCUT2D eigenvalue weighted by Gasteiger charge is 2.42. The van der Waals surface area contributed by atoms with Crippen molar-refractivity contribution in [1.82, 2.24) is 0 Å². The van der Waals surface area contributed by atoms with Gasteiger partial charge in [0.15, 0.2) is 5.56 Å². The van der Waals surface area contributed by atoms with Gasteiger partial charge in [-0.1, -0.05) is 0 Å². The molecule has 0 amide bonds. The minimum Gasteiger partial charge on any atom is -0.506 e. The predicted octanol–water partition coefficient (Wildman–Crippen LogP) is 3.08. The molecule has 0 fully saturated rings. The van der Waals surface area contributed by atoms with E-state index in [1.807, 2.05) is 0 Å². The molecule has 15 heavy (non-hydrogen) atoms. The Labute approximate surface area is 89.6 Å². The summed E-state index contributed by atoms with van der Waals surface area (Å²) in [6.45, 7) is 0. The second-order valence-electron chi connectivity index (χ2n) is 2.54. The monoisotopic (exact) mass is 285 g/mol. The molecular weight excluding hydrogens is 283 g/mol. The van der Waals surface area contributed by atoms with Crippen LogP contribution in [0.2, 0.25) is 0 Å². The summed E-state index contributed by atoms with van der Waals surface area (Å²) in [7, 11) is 0. The SMILES string of the molecule is O=[N+]([O-])c1ccc(Br)c(O)c1C(F)(F)F.